The van der Waals surface area contributed by atoms with Crippen LogP contribution in [0.3, 0.4) is 0 Å². The smallest absolute Gasteiger partial charge is 0.154 e. The molecule has 0 unspecified atom stereocenters. The van der Waals surface area contributed by atoms with Crippen LogP contribution in [0, 0.1) is 0 Å². The maximum absolute atomic E-state index is 6.00. The Balaban J connectivity index is 2.98. The first-order valence-electron chi connectivity index (χ1n) is 3.80. The fraction of sp³-hybridized carbons (Fsp3) is 0. The van der Waals surface area contributed by atoms with Crippen LogP contribution in [0.5, 0.6) is 0 Å². The molecule has 0 aliphatic heterocycles. The van der Waals surface area contributed by atoms with Crippen molar-refractivity contribution in [3.05, 3.63) is 33.4 Å². The SMILES string of the molecule is Nc1c(Cl)nc2c(Cl)cccc2c1Cl. The van der Waals surface area contributed by atoms with E-state index in [2.05, 4.69) is 4.98 Å². The number of nitrogens with zero attached hydrogens (tertiary/aromatic N) is 1. The Kier molecular flexibility index (Phi) is 2.43. The third kappa shape index (κ3) is 1.40. The van der Waals surface area contributed by atoms with E-state index >= 15 is 0 Å². The van der Waals surface area contributed by atoms with Crippen LogP contribution in [0.2, 0.25) is 15.2 Å². The van der Waals surface area contributed by atoms with Crippen LogP contribution in [0.1, 0.15) is 0 Å². The summed E-state index contributed by atoms with van der Waals surface area (Å²) in [4.78, 5) is 4.06. The molecule has 2 rings (SSSR count). The van der Waals surface area contributed by atoms with Crippen molar-refractivity contribution in [1.82, 2.24) is 4.98 Å². The Bertz CT molecular complexity index is 511. The molecule has 5 heteroatoms. The zero-order valence-corrected chi connectivity index (χ0v) is 9.16. The highest BCUT2D eigenvalue weighted by Gasteiger charge is 2.10. The summed E-state index contributed by atoms with van der Waals surface area (Å²) < 4.78 is 0. The Morgan fingerprint density at radius 3 is 2.57 bits per heavy atom. The first-order chi connectivity index (χ1) is 6.61. The summed E-state index contributed by atoms with van der Waals surface area (Å²) in [5.41, 5.74) is 6.48. The third-order valence-electron chi connectivity index (χ3n) is 1.89. The first kappa shape index (κ1) is 9.84. The van der Waals surface area contributed by atoms with Crippen LogP contribution in [-0.2, 0) is 0 Å². The minimum Gasteiger partial charge on any atom is -0.395 e. The summed E-state index contributed by atoms with van der Waals surface area (Å²) in [6, 6.07) is 5.30. The standard InChI is InChI=1S/C9H5Cl3N2/c10-5-3-1-2-4-6(11)7(13)9(12)14-8(4)5/h1-3H,13H2. The molecule has 14 heavy (non-hydrogen) atoms. The molecule has 2 nitrogen and oxygen atoms in total. The van der Waals surface area contributed by atoms with E-state index in [0.29, 0.717) is 20.9 Å². The van der Waals surface area contributed by atoms with Gasteiger partial charge < -0.3 is 5.73 Å². The Hall–Kier alpha value is -0.700. The highest BCUT2D eigenvalue weighted by atomic mass is 35.5. The second-order valence-corrected chi connectivity index (χ2v) is 3.91. The van der Waals surface area contributed by atoms with Gasteiger partial charge in [-0.2, -0.15) is 0 Å². The number of fused-ring (bicyclic) bond motifs is 1. The molecule has 72 valence electrons. The minimum atomic E-state index is 0.176. The number of anilines is 1. The van der Waals surface area contributed by atoms with Crippen molar-refractivity contribution in [2.45, 2.75) is 0 Å². The summed E-state index contributed by atoms with van der Waals surface area (Å²) in [7, 11) is 0. The molecule has 1 aromatic heterocycles. The highest BCUT2D eigenvalue weighted by molar-refractivity contribution is 6.43. The summed E-state index contributed by atoms with van der Waals surface area (Å²) >= 11 is 17.7. The molecular formula is C9H5Cl3N2. The Labute approximate surface area is 95.6 Å². The molecule has 2 N–H and O–H groups in total. The van der Waals surface area contributed by atoms with Gasteiger partial charge in [0.05, 0.1) is 21.2 Å². The maximum Gasteiger partial charge on any atom is 0.154 e. The first-order valence-corrected chi connectivity index (χ1v) is 4.93. The largest absolute Gasteiger partial charge is 0.395 e. The second kappa shape index (κ2) is 3.46. The quantitative estimate of drug-likeness (QED) is 0.720. The van der Waals surface area contributed by atoms with Gasteiger partial charge in [-0.05, 0) is 6.07 Å². The number of pyridine rings is 1. The van der Waals surface area contributed by atoms with E-state index in [9.17, 15) is 0 Å². The highest BCUT2D eigenvalue weighted by Crippen LogP contribution is 2.35. The molecule has 0 spiro atoms. The number of rotatable bonds is 0. The van der Waals surface area contributed by atoms with Gasteiger partial charge in [-0.3, -0.25) is 0 Å². The van der Waals surface area contributed by atoms with E-state index in [4.69, 9.17) is 40.5 Å². The Morgan fingerprint density at radius 2 is 1.86 bits per heavy atom. The topological polar surface area (TPSA) is 38.9 Å². The van der Waals surface area contributed by atoms with Gasteiger partial charge in [0.15, 0.2) is 5.15 Å². The zero-order chi connectivity index (χ0) is 10.3. The van der Waals surface area contributed by atoms with E-state index in [1.807, 2.05) is 0 Å². The lowest BCUT2D eigenvalue weighted by atomic mass is 10.2. The van der Waals surface area contributed by atoms with E-state index < -0.39 is 0 Å². The van der Waals surface area contributed by atoms with Gasteiger partial charge in [0.2, 0.25) is 0 Å². The van der Waals surface area contributed by atoms with Gasteiger partial charge in [-0.1, -0.05) is 46.9 Å². The Morgan fingerprint density at radius 1 is 1.14 bits per heavy atom. The average Bonchev–Trinajstić information content (AvgIpc) is 2.17. The van der Waals surface area contributed by atoms with Crippen molar-refractivity contribution in [1.29, 1.82) is 0 Å². The van der Waals surface area contributed by atoms with Crippen molar-refractivity contribution < 1.29 is 0 Å². The molecule has 0 aliphatic carbocycles. The summed E-state index contributed by atoms with van der Waals surface area (Å²) in [5, 5.41) is 1.78. The van der Waals surface area contributed by atoms with Crippen molar-refractivity contribution in [3.8, 4) is 0 Å². The van der Waals surface area contributed by atoms with Crippen LogP contribution >= 0.6 is 34.8 Å². The van der Waals surface area contributed by atoms with Crippen LogP contribution in [0.25, 0.3) is 10.9 Å². The summed E-state index contributed by atoms with van der Waals surface area (Å²) in [6.45, 7) is 0. The molecule has 0 saturated heterocycles. The van der Waals surface area contributed by atoms with E-state index in [-0.39, 0.29) is 10.8 Å². The van der Waals surface area contributed by atoms with Crippen molar-refractivity contribution >= 4 is 51.4 Å². The number of para-hydroxylation sites is 1. The predicted octanol–water partition coefficient (Wildman–Crippen LogP) is 3.78. The van der Waals surface area contributed by atoms with Crippen LogP contribution in [0.4, 0.5) is 5.69 Å². The van der Waals surface area contributed by atoms with Gasteiger partial charge in [-0.25, -0.2) is 4.98 Å². The molecule has 1 heterocycles. The lowest BCUT2D eigenvalue weighted by Crippen LogP contribution is -1.92. The monoisotopic (exact) mass is 246 g/mol. The van der Waals surface area contributed by atoms with Crippen LogP contribution in [0.15, 0.2) is 18.2 Å². The number of halogens is 3. The van der Waals surface area contributed by atoms with E-state index in [1.165, 1.54) is 0 Å². The number of hydrogen-bond acceptors (Lipinski definition) is 2. The average molecular weight is 248 g/mol. The molecule has 1 aromatic carbocycles. The van der Waals surface area contributed by atoms with Gasteiger partial charge in [-0.15, -0.1) is 0 Å². The lowest BCUT2D eigenvalue weighted by molar-refractivity contribution is 1.41. The molecule has 0 fully saturated rings. The van der Waals surface area contributed by atoms with Gasteiger partial charge >= 0.3 is 0 Å². The molecule has 0 atom stereocenters. The molecular weight excluding hydrogens is 242 g/mol. The second-order valence-electron chi connectivity index (χ2n) is 2.77. The van der Waals surface area contributed by atoms with Crippen molar-refractivity contribution in [2.24, 2.45) is 0 Å². The number of benzene rings is 1. The number of hydrogen-bond donors (Lipinski definition) is 1. The van der Waals surface area contributed by atoms with Gasteiger partial charge in [0.25, 0.3) is 0 Å². The fourth-order valence-corrected chi connectivity index (χ4v) is 1.89. The fourth-order valence-electron chi connectivity index (χ4n) is 1.20. The van der Waals surface area contributed by atoms with Gasteiger partial charge in [0.1, 0.15) is 0 Å². The molecule has 0 aliphatic rings. The maximum atomic E-state index is 6.00. The molecule has 2 aromatic rings. The third-order valence-corrected chi connectivity index (χ3v) is 2.89. The van der Waals surface area contributed by atoms with E-state index in [0.717, 1.165) is 0 Å². The van der Waals surface area contributed by atoms with Gasteiger partial charge in [0, 0.05) is 5.39 Å². The summed E-state index contributed by atoms with van der Waals surface area (Å²) in [5.74, 6) is 0. The zero-order valence-electron chi connectivity index (χ0n) is 6.89. The molecule has 0 radical (unpaired) electrons. The molecule has 0 amide bonds. The molecule has 0 saturated carbocycles. The number of nitrogen functional groups attached to an aromatic ring is 1. The predicted molar refractivity (Wildman–Crippen MR) is 61.2 cm³/mol. The normalized spacial score (nSPS) is 10.8. The van der Waals surface area contributed by atoms with E-state index in [1.54, 1.807) is 18.2 Å². The van der Waals surface area contributed by atoms with Crippen molar-refractivity contribution in [3.63, 3.8) is 0 Å². The van der Waals surface area contributed by atoms with Crippen molar-refractivity contribution in [2.75, 3.05) is 5.73 Å². The number of aromatic nitrogens is 1. The van der Waals surface area contributed by atoms with Crippen LogP contribution < -0.4 is 5.73 Å². The lowest BCUT2D eigenvalue weighted by Gasteiger charge is -2.05. The van der Waals surface area contributed by atoms with Crippen LogP contribution in [-0.4, -0.2) is 4.98 Å². The summed E-state index contributed by atoms with van der Waals surface area (Å²) in [6.07, 6.45) is 0. The minimum absolute atomic E-state index is 0.176. The number of nitrogens with two attached hydrogens (primary N) is 1. The molecule has 0 bridgehead atoms.